The number of benzene rings is 1. The Kier molecular flexibility index (Phi) is 4.49. The van der Waals surface area contributed by atoms with Crippen molar-refractivity contribution in [1.82, 2.24) is 10.6 Å². The van der Waals surface area contributed by atoms with Gasteiger partial charge in [0, 0.05) is 12.6 Å². The summed E-state index contributed by atoms with van der Waals surface area (Å²) >= 11 is 0. The fraction of sp³-hybridized carbons (Fsp3) is 0.650. The van der Waals surface area contributed by atoms with Gasteiger partial charge in [-0.25, -0.2) is 0 Å². The molecule has 130 valence electrons. The van der Waals surface area contributed by atoms with E-state index < -0.39 is 0 Å². The van der Waals surface area contributed by atoms with Crippen molar-refractivity contribution < 1.29 is 9.90 Å². The van der Waals surface area contributed by atoms with Gasteiger partial charge >= 0.3 is 0 Å². The van der Waals surface area contributed by atoms with Crippen LogP contribution < -0.4 is 10.6 Å². The first kappa shape index (κ1) is 15.9. The van der Waals surface area contributed by atoms with Crippen LogP contribution in [0, 0.1) is 11.8 Å². The molecule has 4 nitrogen and oxygen atoms in total. The monoisotopic (exact) mass is 328 g/mol. The minimum absolute atomic E-state index is 0.146. The molecule has 2 saturated carbocycles. The molecule has 4 rings (SSSR count). The van der Waals surface area contributed by atoms with E-state index in [2.05, 4.69) is 10.6 Å². The van der Waals surface area contributed by atoms with Gasteiger partial charge in [0.2, 0.25) is 5.91 Å². The van der Waals surface area contributed by atoms with E-state index in [0.29, 0.717) is 30.7 Å². The van der Waals surface area contributed by atoms with Crippen molar-refractivity contribution >= 4 is 5.91 Å². The second-order valence-corrected chi connectivity index (χ2v) is 7.93. The lowest BCUT2D eigenvalue weighted by Crippen LogP contribution is -2.51. The van der Waals surface area contributed by atoms with E-state index in [1.807, 2.05) is 6.07 Å². The predicted octanol–water partition coefficient (Wildman–Crippen LogP) is 2.88. The standard InChI is InChI=1S/C20H28N2O2/c23-17-8-7-15-11-19(21-12-16(15)10-17)20(24)22-18(14-5-6-14)9-13-3-1-2-4-13/h7-8,10,13-14,18-19,21,23H,1-6,9,11-12H2,(H,22,24)/t18-,19?/m1/s1. The number of hydrogen-bond acceptors (Lipinski definition) is 3. The Morgan fingerprint density at radius 3 is 2.75 bits per heavy atom. The number of carbonyl (C=O) groups is 1. The van der Waals surface area contributed by atoms with E-state index in [1.165, 1.54) is 50.5 Å². The molecule has 3 N–H and O–H groups in total. The maximum atomic E-state index is 12.8. The molecule has 1 heterocycles. The highest BCUT2D eigenvalue weighted by Gasteiger charge is 2.36. The van der Waals surface area contributed by atoms with Gasteiger partial charge in [0.05, 0.1) is 6.04 Å². The number of phenols is 1. The third-order valence-corrected chi connectivity index (χ3v) is 6.05. The van der Waals surface area contributed by atoms with Crippen molar-refractivity contribution in [3.63, 3.8) is 0 Å². The van der Waals surface area contributed by atoms with Crippen LogP contribution in [0.4, 0.5) is 0 Å². The zero-order valence-corrected chi connectivity index (χ0v) is 14.3. The smallest absolute Gasteiger partial charge is 0.237 e. The molecule has 0 bridgehead atoms. The van der Waals surface area contributed by atoms with Gasteiger partial charge in [-0.2, -0.15) is 0 Å². The molecule has 0 radical (unpaired) electrons. The molecule has 1 aliphatic heterocycles. The molecular weight excluding hydrogens is 300 g/mol. The average Bonchev–Trinajstić information content (AvgIpc) is 3.31. The number of amides is 1. The summed E-state index contributed by atoms with van der Waals surface area (Å²) in [5.41, 5.74) is 2.27. The Bertz CT molecular complexity index is 606. The van der Waals surface area contributed by atoms with Crippen molar-refractivity contribution in [3.05, 3.63) is 29.3 Å². The van der Waals surface area contributed by atoms with Gasteiger partial charge in [-0.1, -0.05) is 31.7 Å². The summed E-state index contributed by atoms with van der Waals surface area (Å²) in [6.45, 7) is 0.651. The first-order valence-corrected chi connectivity index (χ1v) is 9.53. The highest BCUT2D eigenvalue weighted by atomic mass is 16.3. The second kappa shape index (κ2) is 6.75. The van der Waals surface area contributed by atoms with Crippen LogP contribution in [0.1, 0.15) is 56.1 Å². The quantitative estimate of drug-likeness (QED) is 0.779. The zero-order valence-electron chi connectivity index (χ0n) is 14.3. The first-order valence-electron chi connectivity index (χ1n) is 9.53. The third-order valence-electron chi connectivity index (χ3n) is 6.05. The summed E-state index contributed by atoms with van der Waals surface area (Å²) in [6, 6.07) is 5.69. The van der Waals surface area contributed by atoms with E-state index >= 15 is 0 Å². The Balaban J connectivity index is 1.37. The molecule has 1 aromatic carbocycles. The van der Waals surface area contributed by atoms with Gasteiger partial charge in [0.25, 0.3) is 0 Å². The molecule has 3 aliphatic rings. The topological polar surface area (TPSA) is 61.4 Å². The summed E-state index contributed by atoms with van der Waals surface area (Å²) < 4.78 is 0. The van der Waals surface area contributed by atoms with Crippen LogP contribution in [-0.2, 0) is 17.8 Å². The van der Waals surface area contributed by atoms with Crippen molar-refractivity contribution in [2.45, 2.75) is 70.0 Å². The largest absolute Gasteiger partial charge is 0.508 e. The van der Waals surface area contributed by atoms with Crippen LogP contribution in [0.25, 0.3) is 0 Å². The van der Waals surface area contributed by atoms with Crippen LogP contribution in [0.5, 0.6) is 5.75 Å². The van der Waals surface area contributed by atoms with Crippen LogP contribution in [0.15, 0.2) is 18.2 Å². The Hall–Kier alpha value is -1.55. The average molecular weight is 328 g/mol. The Morgan fingerprint density at radius 1 is 1.21 bits per heavy atom. The molecule has 1 amide bonds. The minimum atomic E-state index is -0.146. The van der Waals surface area contributed by atoms with Crippen LogP contribution in [-0.4, -0.2) is 23.1 Å². The summed E-state index contributed by atoms with van der Waals surface area (Å²) in [6.07, 6.45) is 9.86. The summed E-state index contributed by atoms with van der Waals surface area (Å²) in [7, 11) is 0. The lowest BCUT2D eigenvalue weighted by Gasteiger charge is -2.28. The van der Waals surface area contributed by atoms with E-state index in [-0.39, 0.29) is 11.9 Å². The fourth-order valence-electron chi connectivity index (χ4n) is 4.44. The summed E-state index contributed by atoms with van der Waals surface area (Å²) in [5.74, 6) is 1.98. The van der Waals surface area contributed by atoms with Crippen LogP contribution in [0.2, 0.25) is 0 Å². The van der Waals surface area contributed by atoms with Gasteiger partial charge in [-0.15, -0.1) is 0 Å². The number of fused-ring (bicyclic) bond motifs is 1. The Labute approximate surface area is 144 Å². The van der Waals surface area contributed by atoms with E-state index in [4.69, 9.17) is 0 Å². The SMILES string of the molecule is O=C(N[C@H](CC1CCCC1)C1CC1)C1Cc2ccc(O)cc2CN1. The second-order valence-electron chi connectivity index (χ2n) is 7.93. The molecule has 0 saturated heterocycles. The lowest BCUT2D eigenvalue weighted by molar-refractivity contribution is -0.124. The van der Waals surface area contributed by atoms with Crippen LogP contribution in [0.3, 0.4) is 0 Å². The van der Waals surface area contributed by atoms with Crippen molar-refractivity contribution in [1.29, 1.82) is 0 Å². The van der Waals surface area contributed by atoms with Crippen LogP contribution >= 0.6 is 0 Å². The highest BCUT2D eigenvalue weighted by molar-refractivity contribution is 5.82. The molecule has 2 aliphatic carbocycles. The molecule has 2 atom stereocenters. The number of phenolic OH excluding ortho intramolecular Hbond substituents is 1. The van der Waals surface area contributed by atoms with Crippen molar-refractivity contribution in [2.24, 2.45) is 11.8 Å². The molecule has 4 heteroatoms. The van der Waals surface area contributed by atoms with Gasteiger partial charge < -0.3 is 15.7 Å². The molecule has 0 spiro atoms. The lowest BCUT2D eigenvalue weighted by atomic mass is 9.93. The van der Waals surface area contributed by atoms with Gasteiger partial charge in [0.15, 0.2) is 0 Å². The minimum Gasteiger partial charge on any atom is -0.508 e. The number of carbonyl (C=O) groups excluding carboxylic acids is 1. The molecule has 1 unspecified atom stereocenters. The maximum Gasteiger partial charge on any atom is 0.237 e. The van der Waals surface area contributed by atoms with E-state index in [9.17, 15) is 9.90 Å². The number of aromatic hydroxyl groups is 1. The van der Waals surface area contributed by atoms with Crippen molar-refractivity contribution in [3.8, 4) is 5.75 Å². The molecule has 0 aromatic heterocycles. The molecule has 2 fully saturated rings. The number of nitrogens with one attached hydrogen (secondary N) is 2. The van der Waals surface area contributed by atoms with Crippen molar-refractivity contribution in [2.75, 3.05) is 0 Å². The maximum absolute atomic E-state index is 12.8. The third kappa shape index (κ3) is 3.59. The number of hydrogen-bond donors (Lipinski definition) is 3. The van der Waals surface area contributed by atoms with E-state index in [0.717, 1.165) is 11.5 Å². The number of rotatable bonds is 5. The molecule has 24 heavy (non-hydrogen) atoms. The zero-order chi connectivity index (χ0) is 16.5. The Morgan fingerprint density at radius 2 is 2.00 bits per heavy atom. The summed E-state index contributed by atoms with van der Waals surface area (Å²) in [5, 5.41) is 16.3. The molecule has 1 aromatic rings. The highest BCUT2D eigenvalue weighted by Crippen LogP contribution is 2.38. The van der Waals surface area contributed by atoms with Gasteiger partial charge in [-0.05, 0) is 60.8 Å². The molecular formula is C20H28N2O2. The van der Waals surface area contributed by atoms with E-state index in [1.54, 1.807) is 12.1 Å². The van der Waals surface area contributed by atoms with Gasteiger partial charge in [0.1, 0.15) is 5.75 Å². The first-order chi connectivity index (χ1) is 11.7. The van der Waals surface area contributed by atoms with Gasteiger partial charge in [-0.3, -0.25) is 4.79 Å². The predicted molar refractivity (Wildman–Crippen MR) is 93.7 cm³/mol. The fourth-order valence-corrected chi connectivity index (χ4v) is 4.44. The summed E-state index contributed by atoms with van der Waals surface area (Å²) in [4.78, 5) is 12.8. The normalized spacial score (nSPS) is 25.2.